The van der Waals surface area contributed by atoms with Crippen LogP contribution < -0.4 is 21.5 Å². The van der Waals surface area contributed by atoms with Crippen LogP contribution in [-0.4, -0.2) is 57.5 Å². The normalized spacial score (nSPS) is 18.8. The molecule has 0 aromatic carbocycles. The van der Waals surface area contributed by atoms with Crippen molar-refractivity contribution in [2.24, 2.45) is 0 Å². The zero-order valence-electron chi connectivity index (χ0n) is 21.5. The second-order valence-corrected chi connectivity index (χ2v) is 8.01. The van der Waals surface area contributed by atoms with Crippen molar-refractivity contribution in [2.45, 2.75) is 65.2 Å². The second kappa shape index (κ2) is 12.5. The van der Waals surface area contributed by atoms with Crippen molar-refractivity contribution in [3.05, 3.63) is 46.6 Å². The van der Waals surface area contributed by atoms with Crippen LogP contribution in [0.5, 0.6) is 0 Å². The molecule has 1 saturated carbocycles. The highest BCUT2D eigenvalue weighted by atomic mass is 19.1. The molecule has 0 spiro atoms. The number of pyridine rings is 1. The second-order valence-electron chi connectivity index (χ2n) is 8.01. The third-order valence-electron chi connectivity index (χ3n) is 5.82. The van der Waals surface area contributed by atoms with Crippen LogP contribution in [0.25, 0.3) is 5.65 Å². The first-order chi connectivity index (χ1) is 17.5. The highest BCUT2D eigenvalue weighted by Gasteiger charge is 2.39. The first-order valence-electron chi connectivity index (χ1n) is 12.6. The van der Waals surface area contributed by atoms with Crippen LogP contribution in [0.15, 0.2) is 35.4 Å². The largest absolute Gasteiger partial charge is 0.385 e. The van der Waals surface area contributed by atoms with Gasteiger partial charge in [-0.1, -0.05) is 27.7 Å². The van der Waals surface area contributed by atoms with Crippen molar-refractivity contribution in [3.63, 3.8) is 0 Å². The zero-order chi connectivity index (χ0) is 26.2. The van der Waals surface area contributed by atoms with Gasteiger partial charge in [0.1, 0.15) is 11.9 Å². The summed E-state index contributed by atoms with van der Waals surface area (Å²) in [4.78, 5) is 29.9. The van der Waals surface area contributed by atoms with E-state index in [1.807, 2.05) is 33.8 Å². The number of rotatable bonds is 6. The molecule has 3 aromatic rings. The maximum Gasteiger partial charge on any atom is 0.274 e. The molecular formula is C25H36FN7O3. The standard InChI is InChI=1S/C21H24FN7O3.2C2H6/c1-23-16-10-18(25-14-3-2-6-28(21(14)31)12-4-7-32-8-5-12)27-29-17(11-24-19(16)29)20(30)26-15-9-13(15)22;2*1-2/h2-3,6,10-13,15,23H,4-5,7-9H2,1H3,(H,25,27)(H,26,30);2*1-2H3. The molecule has 10 nitrogen and oxygen atoms in total. The molecule has 196 valence electrons. The summed E-state index contributed by atoms with van der Waals surface area (Å²) in [7, 11) is 1.73. The van der Waals surface area contributed by atoms with Crippen LogP contribution in [0.3, 0.4) is 0 Å². The Balaban J connectivity index is 0.000000861. The van der Waals surface area contributed by atoms with Gasteiger partial charge in [0.25, 0.3) is 11.5 Å². The molecule has 2 fully saturated rings. The molecule has 0 radical (unpaired) electrons. The third-order valence-corrected chi connectivity index (χ3v) is 5.82. The number of anilines is 3. The van der Waals surface area contributed by atoms with Gasteiger partial charge in [-0.05, 0) is 25.0 Å². The average Bonchev–Trinajstić information content (AvgIpc) is 3.44. The Morgan fingerprint density at radius 3 is 2.50 bits per heavy atom. The van der Waals surface area contributed by atoms with Gasteiger partial charge >= 0.3 is 0 Å². The molecule has 3 N–H and O–H groups in total. The Labute approximate surface area is 210 Å². The Morgan fingerprint density at radius 2 is 1.86 bits per heavy atom. The molecule has 2 unspecified atom stereocenters. The number of hydrogen-bond acceptors (Lipinski definition) is 7. The van der Waals surface area contributed by atoms with Crippen LogP contribution in [0.1, 0.15) is 63.5 Å². The van der Waals surface area contributed by atoms with Gasteiger partial charge in [-0.15, -0.1) is 5.10 Å². The molecule has 2 atom stereocenters. The minimum absolute atomic E-state index is 0.0898. The predicted octanol–water partition coefficient (Wildman–Crippen LogP) is 3.92. The van der Waals surface area contributed by atoms with Crippen LogP contribution in [0.2, 0.25) is 0 Å². The summed E-state index contributed by atoms with van der Waals surface area (Å²) < 4.78 is 21.7. The highest BCUT2D eigenvalue weighted by molar-refractivity contribution is 5.94. The summed E-state index contributed by atoms with van der Waals surface area (Å²) >= 11 is 0. The van der Waals surface area contributed by atoms with Crippen molar-refractivity contribution in [1.82, 2.24) is 24.5 Å². The Bertz CT molecular complexity index is 1220. The van der Waals surface area contributed by atoms with Crippen LogP contribution in [0.4, 0.5) is 21.6 Å². The van der Waals surface area contributed by atoms with E-state index in [1.165, 1.54) is 10.7 Å². The maximum absolute atomic E-state index is 13.2. The molecule has 1 aliphatic carbocycles. The van der Waals surface area contributed by atoms with Gasteiger partial charge in [-0.25, -0.2) is 13.9 Å². The van der Waals surface area contributed by atoms with Crippen molar-refractivity contribution in [3.8, 4) is 0 Å². The minimum atomic E-state index is -1.01. The number of carbonyl (C=O) groups excluding carboxylic acids is 1. The number of imidazole rings is 1. The quantitative estimate of drug-likeness (QED) is 0.469. The van der Waals surface area contributed by atoms with Gasteiger partial charge in [0.05, 0.1) is 17.9 Å². The van der Waals surface area contributed by atoms with E-state index in [1.54, 1.807) is 29.9 Å². The minimum Gasteiger partial charge on any atom is -0.385 e. The van der Waals surface area contributed by atoms with Crippen molar-refractivity contribution in [1.29, 1.82) is 0 Å². The van der Waals surface area contributed by atoms with Gasteiger partial charge in [-0.3, -0.25) is 9.59 Å². The Morgan fingerprint density at radius 1 is 1.17 bits per heavy atom. The van der Waals surface area contributed by atoms with E-state index in [-0.39, 0.29) is 17.3 Å². The number of nitrogens with zero attached hydrogens (tertiary/aromatic N) is 4. The first-order valence-corrected chi connectivity index (χ1v) is 12.6. The number of amides is 1. The number of nitrogens with one attached hydrogen (secondary N) is 3. The fourth-order valence-electron chi connectivity index (χ4n) is 3.92. The highest BCUT2D eigenvalue weighted by Crippen LogP contribution is 2.26. The predicted molar refractivity (Wildman–Crippen MR) is 139 cm³/mol. The average molecular weight is 502 g/mol. The van der Waals surface area contributed by atoms with E-state index >= 15 is 0 Å². The Hall–Kier alpha value is -3.47. The fourth-order valence-corrected chi connectivity index (χ4v) is 3.92. The molecule has 11 heteroatoms. The summed E-state index contributed by atoms with van der Waals surface area (Å²) in [5.41, 5.74) is 1.48. The summed E-state index contributed by atoms with van der Waals surface area (Å²) in [5, 5.41) is 13.2. The summed E-state index contributed by atoms with van der Waals surface area (Å²) in [6, 6.07) is 4.85. The lowest BCUT2D eigenvalue weighted by Crippen LogP contribution is -2.30. The SMILES string of the molecule is CC.CC.CNc1cc(Nc2cccn(C3CCOCC3)c2=O)nn2c(C(=O)NC3CC3F)cnc12. The molecule has 0 bridgehead atoms. The fraction of sp³-hybridized carbons (Fsp3) is 0.520. The molecular weight excluding hydrogens is 465 g/mol. The first kappa shape index (κ1) is 27.1. The van der Waals surface area contributed by atoms with E-state index in [0.29, 0.717) is 42.5 Å². The maximum atomic E-state index is 13.2. The number of carbonyl (C=O) groups is 1. The van der Waals surface area contributed by atoms with E-state index in [0.717, 1.165) is 12.8 Å². The molecule has 2 aliphatic rings. The number of halogens is 1. The monoisotopic (exact) mass is 501 g/mol. The van der Waals surface area contributed by atoms with Crippen molar-refractivity contribution < 1.29 is 13.9 Å². The lowest BCUT2D eigenvalue weighted by molar-refractivity contribution is 0.0687. The number of ether oxygens (including phenoxy) is 1. The smallest absolute Gasteiger partial charge is 0.274 e. The van der Waals surface area contributed by atoms with Crippen molar-refractivity contribution >= 4 is 28.7 Å². The summed E-state index contributed by atoms with van der Waals surface area (Å²) in [5.74, 6) is -0.0820. The van der Waals surface area contributed by atoms with E-state index in [2.05, 4.69) is 26.0 Å². The lowest BCUT2D eigenvalue weighted by Gasteiger charge is -2.24. The van der Waals surface area contributed by atoms with Gasteiger partial charge < -0.3 is 25.3 Å². The van der Waals surface area contributed by atoms with E-state index in [4.69, 9.17) is 4.74 Å². The third kappa shape index (κ3) is 5.84. The zero-order valence-corrected chi connectivity index (χ0v) is 21.5. The van der Waals surface area contributed by atoms with Crippen LogP contribution in [-0.2, 0) is 4.74 Å². The number of aromatic nitrogens is 4. The van der Waals surface area contributed by atoms with E-state index < -0.39 is 18.1 Å². The van der Waals surface area contributed by atoms with Crippen LogP contribution in [0, 0.1) is 0 Å². The summed E-state index contributed by atoms with van der Waals surface area (Å²) in [6.45, 7) is 9.27. The molecule has 4 heterocycles. The molecule has 1 aliphatic heterocycles. The Kier molecular flexibility index (Phi) is 9.40. The summed E-state index contributed by atoms with van der Waals surface area (Å²) in [6.07, 6.45) is 4.06. The molecule has 1 saturated heterocycles. The van der Waals surface area contributed by atoms with Crippen molar-refractivity contribution in [2.75, 3.05) is 30.9 Å². The molecule has 3 aromatic heterocycles. The molecule has 36 heavy (non-hydrogen) atoms. The van der Waals surface area contributed by atoms with E-state index in [9.17, 15) is 14.0 Å². The van der Waals surface area contributed by atoms with Gasteiger partial charge in [0, 0.05) is 45.0 Å². The topological polar surface area (TPSA) is 115 Å². The number of hydrogen-bond donors (Lipinski definition) is 3. The number of fused-ring (bicyclic) bond motifs is 1. The van der Waals surface area contributed by atoms with Gasteiger partial charge in [-0.2, -0.15) is 0 Å². The lowest BCUT2D eigenvalue weighted by atomic mass is 10.1. The van der Waals surface area contributed by atoms with Crippen LogP contribution >= 0.6 is 0 Å². The van der Waals surface area contributed by atoms with Gasteiger partial charge in [0.15, 0.2) is 17.2 Å². The van der Waals surface area contributed by atoms with Gasteiger partial charge in [0.2, 0.25) is 0 Å². The molecule has 1 amide bonds. The molecule has 5 rings (SSSR count). The number of alkyl halides is 1.